The fourth-order valence-electron chi connectivity index (χ4n) is 1.42. The van der Waals surface area contributed by atoms with Gasteiger partial charge in [0.2, 0.25) is 5.28 Å². The SMILES string of the molecule is N#CCOc1cccc(NS(=O)(=O)c2cnc(Cl)nc2)c1. The van der Waals surface area contributed by atoms with Gasteiger partial charge in [0.05, 0.1) is 18.1 Å². The van der Waals surface area contributed by atoms with Gasteiger partial charge in [0.1, 0.15) is 16.7 Å². The molecule has 0 saturated carbocycles. The lowest BCUT2D eigenvalue weighted by molar-refractivity contribution is 0.368. The standard InChI is InChI=1S/C12H9ClN4O3S/c13-12-15-7-11(8-16-12)21(18,19)17-9-2-1-3-10(6-9)20-5-4-14/h1-3,6-8,17H,5H2. The molecule has 0 fully saturated rings. The number of benzene rings is 1. The third-order valence-corrected chi connectivity index (χ3v) is 3.83. The molecule has 9 heteroatoms. The van der Waals surface area contributed by atoms with Crippen molar-refractivity contribution in [3.63, 3.8) is 0 Å². The number of anilines is 1. The molecule has 0 bridgehead atoms. The Balaban J connectivity index is 2.20. The third-order valence-electron chi connectivity index (χ3n) is 2.30. The summed E-state index contributed by atoms with van der Waals surface area (Å²) in [6, 6.07) is 8.05. The summed E-state index contributed by atoms with van der Waals surface area (Å²) in [5.41, 5.74) is 0.292. The zero-order valence-corrected chi connectivity index (χ0v) is 12.1. The summed E-state index contributed by atoms with van der Waals surface area (Å²) in [6.07, 6.45) is 2.21. The molecule has 0 spiro atoms. The zero-order valence-electron chi connectivity index (χ0n) is 10.5. The largest absolute Gasteiger partial charge is 0.479 e. The molecule has 0 aliphatic carbocycles. The van der Waals surface area contributed by atoms with Crippen LogP contribution >= 0.6 is 11.6 Å². The molecule has 0 amide bonds. The van der Waals surface area contributed by atoms with E-state index in [9.17, 15) is 8.42 Å². The van der Waals surface area contributed by atoms with E-state index in [-0.39, 0.29) is 16.8 Å². The number of rotatable bonds is 5. The number of nitrogens with zero attached hydrogens (tertiary/aromatic N) is 3. The first kappa shape index (κ1) is 15.0. The normalized spacial score (nSPS) is 10.7. The van der Waals surface area contributed by atoms with Crippen LogP contribution in [0.4, 0.5) is 5.69 Å². The molecule has 21 heavy (non-hydrogen) atoms. The van der Waals surface area contributed by atoms with Gasteiger partial charge in [-0.2, -0.15) is 5.26 Å². The van der Waals surface area contributed by atoms with E-state index in [1.165, 1.54) is 6.07 Å². The monoisotopic (exact) mass is 324 g/mol. The molecule has 0 saturated heterocycles. The Bertz CT molecular complexity index is 772. The molecular weight excluding hydrogens is 316 g/mol. The average Bonchev–Trinajstić information content (AvgIpc) is 2.45. The topological polar surface area (TPSA) is 105 Å². The highest BCUT2D eigenvalue weighted by atomic mass is 35.5. The predicted molar refractivity (Wildman–Crippen MR) is 75.4 cm³/mol. The van der Waals surface area contributed by atoms with E-state index in [2.05, 4.69) is 14.7 Å². The molecule has 0 atom stereocenters. The maximum atomic E-state index is 12.1. The van der Waals surface area contributed by atoms with E-state index in [4.69, 9.17) is 21.6 Å². The second-order valence-corrected chi connectivity index (χ2v) is 5.79. The molecule has 0 radical (unpaired) electrons. The first-order valence-electron chi connectivity index (χ1n) is 5.61. The van der Waals surface area contributed by atoms with Gasteiger partial charge in [-0.05, 0) is 23.7 Å². The minimum atomic E-state index is -3.82. The van der Waals surface area contributed by atoms with Gasteiger partial charge in [-0.25, -0.2) is 18.4 Å². The minimum Gasteiger partial charge on any atom is -0.479 e. The number of hydrogen-bond donors (Lipinski definition) is 1. The number of hydrogen-bond acceptors (Lipinski definition) is 6. The van der Waals surface area contributed by atoms with Gasteiger partial charge >= 0.3 is 0 Å². The Morgan fingerprint density at radius 1 is 1.33 bits per heavy atom. The van der Waals surface area contributed by atoms with E-state index in [0.717, 1.165) is 12.4 Å². The van der Waals surface area contributed by atoms with Gasteiger partial charge in [0.25, 0.3) is 10.0 Å². The average molecular weight is 325 g/mol. The zero-order chi connectivity index (χ0) is 15.3. The molecule has 1 aromatic heterocycles. The lowest BCUT2D eigenvalue weighted by Crippen LogP contribution is -2.13. The molecule has 1 aromatic carbocycles. The van der Waals surface area contributed by atoms with Crippen molar-refractivity contribution in [1.29, 1.82) is 5.26 Å². The Hall–Kier alpha value is -2.37. The maximum Gasteiger partial charge on any atom is 0.264 e. The highest BCUT2D eigenvalue weighted by Gasteiger charge is 2.15. The van der Waals surface area contributed by atoms with Crippen molar-refractivity contribution in [1.82, 2.24) is 9.97 Å². The number of nitrogens with one attached hydrogen (secondary N) is 1. The van der Waals surface area contributed by atoms with Crippen molar-refractivity contribution in [3.05, 3.63) is 41.9 Å². The summed E-state index contributed by atoms with van der Waals surface area (Å²) < 4.78 is 31.7. The predicted octanol–water partition coefficient (Wildman–Crippen LogP) is 1.83. The Labute approximate surface area is 126 Å². The van der Waals surface area contributed by atoms with Crippen molar-refractivity contribution >= 4 is 27.3 Å². The number of ether oxygens (including phenoxy) is 1. The van der Waals surface area contributed by atoms with Crippen LogP contribution in [-0.2, 0) is 10.0 Å². The Kier molecular flexibility index (Phi) is 4.57. The lowest BCUT2D eigenvalue weighted by Gasteiger charge is -2.09. The van der Waals surface area contributed by atoms with Crippen LogP contribution in [0.2, 0.25) is 5.28 Å². The molecule has 2 rings (SSSR count). The molecule has 1 heterocycles. The van der Waals surface area contributed by atoms with Crippen LogP contribution in [0.25, 0.3) is 0 Å². The number of aromatic nitrogens is 2. The molecule has 7 nitrogen and oxygen atoms in total. The molecule has 0 aliphatic rings. The summed E-state index contributed by atoms with van der Waals surface area (Å²) in [7, 11) is -3.82. The fraction of sp³-hybridized carbons (Fsp3) is 0.0833. The first-order chi connectivity index (χ1) is 10.0. The second-order valence-electron chi connectivity index (χ2n) is 3.77. The minimum absolute atomic E-state index is 0.0409. The van der Waals surface area contributed by atoms with E-state index in [1.807, 2.05) is 6.07 Å². The fourth-order valence-corrected chi connectivity index (χ4v) is 2.45. The quantitative estimate of drug-likeness (QED) is 0.841. The Morgan fingerprint density at radius 3 is 2.71 bits per heavy atom. The summed E-state index contributed by atoms with van der Waals surface area (Å²) in [6.45, 7) is -0.124. The van der Waals surface area contributed by atoms with Crippen molar-refractivity contribution in [3.8, 4) is 11.8 Å². The van der Waals surface area contributed by atoms with Crippen LogP contribution < -0.4 is 9.46 Å². The highest BCUT2D eigenvalue weighted by molar-refractivity contribution is 7.92. The molecule has 1 N–H and O–H groups in total. The molecule has 0 unspecified atom stereocenters. The first-order valence-corrected chi connectivity index (χ1v) is 7.47. The van der Waals surface area contributed by atoms with Gasteiger partial charge in [-0.1, -0.05) is 6.07 Å². The molecular formula is C12H9ClN4O3S. The summed E-state index contributed by atoms with van der Waals surface area (Å²) >= 11 is 5.51. The number of nitriles is 1. The summed E-state index contributed by atoms with van der Waals surface area (Å²) in [4.78, 5) is 7.12. The van der Waals surface area contributed by atoms with Crippen LogP contribution in [-0.4, -0.2) is 25.0 Å². The van der Waals surface area contributed by atoms with E-state index < -0.39 is 10.0 Å². The maximum absolute atomic E-state index is 12.1. The summed E-state index contributed by atoms with van der Waals surface area (Å²) in [5, 5.41) is 8.40. The van der Waals surface area contributed by atoms with Crippen LogP contribution in [0.5, 0.6) is 5.75 Å². The molecule has 0 aliphatic heterocycles. The summed E-state index contributed by atoms with van der Waals surface area (Å²) in [5.74, 6) is 0.379. The van der Waals surface area contributed by atoms with Crippen molar-refractivity contribution in [2.75, 3.05) is 11.3 Å². The van der Waals surface area contributed by atoms with Gasteiger partial charge in [0.15, 0.2) is 6.61 Å². The van der Waals surface area contributed by atoms with E-state index in [1.54, 1.807) is 18.2 Å². The van der Waals surface area contributed by atoms with Crippen LogP contribution in [0.15, 0.2) is 41.6 Å². The van der Waals surface area contributed by atoms with Gasteiger partial charge in [-0.15, -0.1) is 0 Å². The lowest BCUT2D eigenvalue weighted by atomic mass is 10.3. The molecule has 2 aromatic rings. The van der Waals surface area contributed by atoms with Gasteiger partial charge < -0.3 is 4.74 Å². The van der Waals surface area contributed by atoms with Crippen molar-refractivity contribution in [2.45, 2.75) is 4.90 Å². The smallest absolute Gasteiger partial charge is 0.264 e. The molecule has 108 valence electrons. The van der Waals surface area contributed by atoms with Crippen molar-refractivity contribution in [2.24, 2.45) is 0 Å². The highest BCUT2D eigenvalue weighted by Crippen LogP contribution is 2.20. The van der Waals surface area contributed by atoms with E-state index in [0.29, 0.717) is 11.4 Å². The van der Waals surface area contributed by atoms with E-state index >= 15 is 0 Å². The second kappa shape index (κ2) is 6.39. The van der Waals surface area contributed by atoms with Crippen LogP contribution in [0.3, 0.4) is 0 Å². The number of halogens is 1. The van der Waals surface area contributed by atoms with Crippen LogP contribution in [0, 0.1) is 11.3 Å². The number of sulfonamides is 1. The van der Waals surface area contributed by atoms with Gasteiger partial charge in [0, 0.05) is 6.07 Å². The van der Waals surface area contributed by atoms with Crippen LogP contribution in [0.1, 0.15) is 0 Å². The third kappa shape index (κ3) is 4.05. The van der Waals surface area contributed by atoms with Crippen molar-refractivity contribution < 1.29 is 13.2 Å². The Morgan fingerprint density at radius 2 is 2.05 bits per heavy atom. The van der Waals surface area contributed by atoms with Gasteiger partial charge in [-0.3, -0.25) is 4.72 Å².